The Morgan fingerprint density at radius 2 is 0.905 bits per heavy atom. The van der Waals surface area contributed by atoms with Gasteiger partial charge >= 0.3 is 0 Å². The second-order valence-corrected chi connectivity index (χ2v) is 8.84. The van der Waals surface area contributed by atoms with Gasteiger partial charge in [-0.1, -0.05) is 88.9 Å². The Labute approximate surface area is 154 Å². The van der Waals surface area contributed by atoms with Crippen LogP contribution in [-0.4, -0.2) is 32.5 Å². The van der Waals surface area contributed by atoms with Crippen molar-refractivity contribution in [2.45, 2.75) is 39.7 Å². The molecule has 0 aliphatic carbocycles. The molecule has 0 heterocycles. The van der Waals surface area contributed by atoms with E-state index in [1.807, 2.05) is 0 Å². The number of carbonyl (C=O) groups excluding carboxylic acids is 2. The highest BCUT2D eigenvalue weighted by molar-refractivity contribution is 6.76. The number of hydrogen-bond acceptors (Lipinski definition) is 2. The van der Waals surface area contributed by atoms with Crippen LogP contribution in [0.1, 0.15) is 32.1 Å². The second-order valence-electron chi connectivity index (χ2n) is 4.28. The zero-order valence-electron chi connectivity index (χ0n) is 11.0. The molecule has 10 heteroatoms. The number of amides is 2. The second kappa shape index (κ2) is 10.5. The van der Waals surface area contributed by atoms with Crippen LogP contribution < -0.4 is 10.6 Å². The number of unbranched alkanes of at least 4 members (excludes halogenated alkanes) is 4. The third-order valence-electron chi connectivity index (χ3n) is 2.44. The zero-order valence-corrected chi connectivity index (χ0v) is 15.6. The molecule has 0 aromatic heterocycles. The van der Waals surface area contributed by atoms with Gasteiger partial charge in [-0.3, -0.25) is 9.59 Å². The SMILES string of the molecule is O=C(NCCCCCCCNC(=O)C(Cl)(Cl)Cl)C(Cl)(Cl)Cl. The lowest BCUT2D eigenvalue weighted by Crippen LogP contribution is -2.35. The van der Waals surface area contributed by atoms with Gasteiger partial charge in [0.05, 0.1) is 0 Å². The van der Waals surface area contributed by atoms with Crippen molar-refractivity contribution >= 4 is 81.4 Å². The lowest BCUT2D eigenvalue weighted by Gasteiger charge is -2.11. The van der Waals surface area contributed by atoms with Gasteiger partial charge < -0.3 is 10.6 Å². The summed E-state index contributed by atoms with van der Waals surface area (Å²) in [4.78, 5) is 22.4. The molecule has 0 rings (SSSR count). The van der Waals surface area contributed by atoms with Crippen molar-refractivity contribution in [3.8, 4) is 0 Å². The molecule has 124 valence electrons. The van der Waals surface area contributed by atoms with E-state index in [1.165, 1.54) is 0 Å². The molecule has 0 spiro atoms. The van der Waals surface area contributed by atoms with E-state index in [-0.39, 0.29) is 0 Å². The molecular weight excluding hydrogens is 405 g/mol. The molecule has 0 bridgehead atoms. The van der Waals surface area contributed by atoms with Gasteiger partial charge in [-0.2, -0.15) is 0 Å². The molecule has 0 fully saturated rings. The molecule has 0 aromatic carbocycles. The van der Waals surface area contributed by atoms with Crippen LogP contribution in [0.4, 0.5) is 0 Å². The van der Waals surface area contributed by atoms with Gasteiger partial charge in [-0.05, 0) is 12.8 Å². The van der Waals surface area contributed by atoms with E-state index in [0.29, 0.717) is 13.1 Å². The fourth-order valence-corrected chi connectivity index (χ4v) is 1.79. The van der Waals surface area contributed by atoms with E-state index in [0.717, 1.165) is 32.1 Å². The average molecular weight is 421 g/mol. The predicted octanol–water partition coefficient (Wildman–Crippen LogP) is 3.91. The van der Waals surface area contributed by atoms with Crippen molar-refractivity contribution in [1.29, 1.82) is 0 Å². The molecule has 0 aliphatic rings. The van der Waals surface area contributed by atoms with Crippen LogP contribution in [0.15, 0.2) is 0 Å². The first-order valence-electron chi connectivity index (χ1n) is 6.25. The topological polar surface area (TPSA) is 58.2 Å². The van der Waals surface area contributed by atoms with Crippen molar-refractivity contribution in [2.75, 3.05) is 13.1 Å². The number of rotatable bonds is 8. The van der Waals surface area contributed by atoms with Crippen LogP contribution in [0, 0.1) is 0 Å². The Morgan fingerprint density at radius 1 is 0.619 bits per heavy atom. The molecule has 0 unspecified atom stereocenters. The maximum Gasteiger partial charge on any atom is 0.272 e. The molecule has 0 radical (unpaired) electrons. The molecule has 21 heavy (non-hydrogen) atoms. The van der Waals surface area contributed by atoms with E-state index in [9.17, 15) is 9.59 Å². The molecule has 4 nitrogen and oxygen atoms in total. The summed E-state index contributed by atoms with van der Waals surface area (Å²) in [6, 6.07) is 0. The monoisotopic (exact) mass is 418 g/mol. The largest absolute Gasteiger partial charge is 0.352 e. The highest BCUT2D eigenvalue weighted by Crippen LogP contribution is 2.26. The van der Waals surface area contributed by atoms with Gasteiger partial charge in [0.25, 0.3) is 19.4 Å². The van der Waals surface area contributed by atoms with E-state index >= 15 is 0 Å². The molecule has 0 aromatic rings. The third kappa shape index (κ3) is 11.8. The first kappa shape index (κ1) is 21.7. The number of carbonyl (C=O) groups is 2. The lowest BCUT2D eigenvalue weighted by molar-refractivity contribution is -0.121. The van der Waals surface area contributed by atoms with Gasteiger partial charge in [-0.25, -0.2) is 0 Å². The van der Waals surface area contributed by atoms with E-state index < -0.39 is 19.4 Å². The molecule has 2 amide bonds. The van der Waals surface area contributed by atoms with Gasteiger partial charge in [0.15, 0.2) is 0 Å². The third-order valence-corrected chi connectivity index (χ3v) is 3.47. The standard InChI is InChI=1S/C11H16Cl6N2O2/c12-10(13,14)8(20)18-6-4-2-1-3-5-7-19-9(21)11(15,16)17/h1-7H2,(H,18,20)(H,19,21). The number of hydrogen-bond donors (Lipinski definition) is 2. The van der Waals surface area contributed by atoms with Crippen molar-refractivity contribution in [3.05, 3.63) is 0 Å². The minimum absolute atomic E-state index is 0.455. The van der Waals surface area contributed by atoms with Gasteiger partial charge in [-0.15, -0.1) is 0 Å². The highest BCUT2D eigenvalue weighted by Gasteiger charge is 2.30. The summed E-state index contributed by atoms with van der Waals surface area (Å²) in [5.74, 6) is -1.25. The number of nitrogens with one attached hydrogen (secondary N) is 2. The summed E-state index contributed by atoms with van der Waals surface area (Å²) in [5, 5.41) is 5.04. The summed E-state index contributed by atoms with van der Waals surface area (Å²) in [5.41, 5.74) is 0. The average Bonchev–Trinajstić information content (AvgIpc) is 2.33. The Kier molecular flexibility index (Phi) is 10.8. The van der Waals surface area contributed by atoms with Crippen molar-refractivity contribution < 1.29 is 9.59 Å². The minimum atomic E-state index is -1.92. The summed E-state index contributed by atoms with van der Waals surface area (Å²) < 4.78 is -3.83. The Morgan fingerprint density at radius 3 is 1.19 bits per heavy atom. The fraction of sp³-hybridized carbons (Fsp3) is 0.818. The van der Waals surface area contributed by atoms with Crippen LogP contribution in [-0.2, 0) is 9.59 Å². The first-order chi connectivity index (χ1) is 9.55. The van der Waals surface area contributed by atoms with Crippen LogP contribution in [0.5, 0.6) is 0 Å². The van der Waals surface area contributed by atoms with Crippen molar-refractivity contribution in [3.63, 3.8) is 0 Å². The van der Waals surface area contributed by atoms with E-state index in [4.69, 9.17) is 69.6 Å². The normalized spacial score (nSPS) is 12.1. The first-order valence-corrected chi connectivity index (χ1v) is 8.52. The highest BCUT2D eigenvalue weighted by atomic mass is 35.6. The molecule has 0 saturated heterocycles. The van der Waals surface area contributed by atoms with Crippen molar-refractivity contribution in [1.82, 2.24) is 10.6 Å². The van der Waals surface area contributed by atoms with E-state index in [1.54, 1.807) is 0 Å². The van der Waals surface area contributed by atoms with Gasteiger partial charge in [0, 0.05) is 13.1 Å². The number of halogens is 6. The van der Waals surface area contributed by atoms with E-state index in [2.05, 4.69) is 10.6 Å². The zero-order chi connectivity index (χ0) is 16.5. The van der Waals surface area contributed by atoms with Crippen molar-refractivity contribution in [2.24, 2.45) is 0 Å². The van der Waals surface area contributed by atoms with Gasteiger partial charge in [0.1, 0.15) is 0 Å². The van der Waals surface area contributed by atoms with Crippen LogP contribution in [0.25, 0.3) is 0 Å². The Balaban J connectivity index is 3.42. The quantitative estimate of drug-likeness (QED) is 0.462. The lowest BCUT2D eigenvalue weighted by atomic mass is 10.1. The Hall–Kier alpha value is 0.680. The summed E-state index contributed by atoms with van der Waals surface area (Å²) in [6.07, 6.45) is 4.35. The molecular formula is C11H16Cl6N2O2. The molecule has 0 atom stereocenters. The Bertz CT molecular complexity index is 309. The molecule has 0 aliphatic heterocycles. The van der Waals surface area contributed by atoms with Crippen LogP contribution >= 0.6 is 69.6 Å². The smallest absolute Gasteiger partial charge is 0.272 e. The summed E-state index contributed by atoms with van der Waals surface area (Å²) >= 11 is 32.4. The summed E-state index contributed by atoms with van der Waals surface area (Å²) in [6.45, 7) is 0.910. The maximum absolute atomic E-state index is 11.2. The van der Waals surface area contributed by atoms with Gasteiger partial charge in [0.2, 0.25) is 0 Å². The van der Waals surface area contributed by atoms with Crippen LogP contribution in [0.2, 0.25) is 0 Å². The minimum Gasteiger partial charge on any atom is -0.352 e. The van der Waals surface area contributed by atoms with Crippen LogP contribution in [0.3, 0.4) is 0 Å². The predicted molar refractivity (Wildman–Crippen MR) is 89.7 cm³/mol. The molecule has 2 N–H and O–H groups in total. The maximum atomic E-state index is 11.2. The molecule has 0 saturated carbocycles. The fourth-order valence-electron chi connectivity index (χ4n) is 1.38. The summed E-state index contributed by atoms with van der Waals surface area (Å²) in [7, 11) is 0. The number of alkyl halides is 6.